The van der Waals surface area contributed by atoms with Crippen LogP contribution in [-0.4, -0.2) is 22.9 Å². The van der Waals surface area contributed by atoms with Gasteiger partial charge in [-0.05, 0) is 32.5 Å². The predicted molar refractivity (Wildman–Crippen MR) is 63.0 cm³/mol. The molecule has 0 aliphatic heterocycles. The van der Waals surface area contributed by atoms with Gasteiger partial charge in [0.2, 0.25) is 0 Å². The van der Waals surface area contributed by atoms with E-state index in [4.69, 9.17) is 0 Å². The highest BCUT2D eigenvalue weighted by molar-refractivity contribution is 5.79. The molecule has 3 heteroatoms. The maximum atomic E-state index is 4.40. The van der Waals surface area contributed by atoms with Gasteiger partial charge in [-0.2, -0.15) is 5.10 Å². The molecule has 2 aromatic rings. The number of nitrogens with zero attached hydrogens (tertiary/aromatic N) is 2. The van der Waals surface area contributed by atoms with Crippen LogP contribution in [0.2, 0.25) is 0 Å². The summed E-state index contributed by atoms with van der Waals surface area (Å²) in [6, 6.07) is 6.87. The summed E-state index contributed by atoms with van der Waals surface area (Å²) in [6.45, 7) is 5.17. The van der Waals surface area contributed by atoms with E-state index in [-0.39, 0.29) is 0 Å². The molecule has 0 unspecified atom stereocenters. The summed E-state index contributed by atoms with van der Waals surface area (Å²) in [5.74, 6) is 0. The Morgan fingerprint density at radius 2 is 2.27 bits per heavy atom. The van der Waals surface area contributed by atoms with Crippen LogP contribution in [0, 0.1) is 6.92 Å². The van der Waals surface area contributed by atoms with Gasteiger partial charge in [-0.15, -0.1) is 0 Å². The first-order chi connectivity index (χ1) is 7.20. The van der Waals surface area contributed by atoms with Crippen LogP contribution in [0.3, 0.4) is 0 Å². The lowest BCUT2D eigenvalue weighted by molar-refractivity contribution is 0.492. The highest BCUT2D eigenvalue weighted by Crippen LogP contribution is 2.15. The van der Waals surface area contributed by atoms with E-state index in [0.717, 1.165) is 6.54 Å². The molecule has 0 aliphatic carbocycles. The Balaban J connectivity index is 2.39. The summed E-state index contributed by atoms with van der Waals surface area (Å²) in [7, 11) is 1.97. The number of likely N-dealkylation sites (N-methyl/N-ethyl adjacent to an activating group) is 1. The lowest BCUT2D eigenvalue weighted by Crippen LogP contribution is -2.27. The fourth-order valence-electron chi connectivity index (χ4n) is 1.68. The first-order valence-electron chi connectivity index (χ1n) is 5.30. The predicted octanol–water partition coefficient (Wildman–Crippen LogP) is 1.95. The molecule has 0 aliphatic rings. The Morgan fingerprint density at radius 1 is 1.47 bits per heavy atom. The minimum Gasteiger partial charge on any atom is -0.315 e. The second kappa shape index (κ2) is 4.03. The molecule has 0 saturated heterocycles. The molecule has 0 amide bonds. The second-order valence-corrected chi connectivity index (χ2v) is 4.08. The topological polar surface area (TPSA) is 29.9 Å². The number of rotatable bonds is 3. The van der Waals surface area contributed by atoms with Crippen molar-refractivity contribution in [2.75, 3.05) is 7.05 Å². The lowest BCUT2D eigenvalue weighted by Gasteiger charge is -2.10. The standard InChI is InChI=1S/C12H17N3/c1-9-4-5-11-7-14-15(12(11)6-9)8-10(2)13-3/h4-7,10,13H,8H2,1-3H3/t10-/m0/s1. The van der Waals surface area contributed by atoms with Gasteiger partial charge in [-0.3, -0.25) is 4.68 Å². The van der Waals surface area contributed by atoms with Crippen LogP contribution < -0.4 is 5.32 Å². The Morgan fingerprint density at radius 3 is 3.00 bits per heavy atom. The first kappa shape index (κ1) is 10.2. The number of fused-ring (bicyclic) bond motifs is 1. The van der Waals surface area contributed by atoms with Crippen LogP contribution in [0.1, 0.15) is 12.5 Å². The molecule has 0 spiro atoms. The largest absolute Gasteiger partial charge is 0.315 e. The average molecular weight is 203 g/mol. The highest BCUT2D eigenvalue weighted by atomic mass is 15.3. The monoisotopic (exact) mass is 203 g/mol. The number of hydrogen-bond acceptors (Lipinski definition) is 2. The van der Waals surface area contributed by atoms with Crippen LogP contribution in [0.15, 0.2) is 24.4 Å². The van der Waals surface area contributed by atoms with E-state index >= 15 is 0 Å². The van der Waals surface area contributed by atoms with Crippen molar-refractivity contribution in [1.29, 1.82) is 0 Å². The van der Waals surface area contributed by atoms with E-state index in [1.54, 1.807) is 0 Å². The normalized spacial score (nSPS) is 13.3. The molecule has 1 atom stereocenters. The Kier molecular flexibility index (Phi) is 2.73. The Labute approximate surface area is 90.1 Å². The molecule has 0 bridgehead atoms. The van der Waals surface area contributed by atoms with Crippen molar-refractivity contribution in [2.24, 2.45) is 0 Å². The summed E-state index contributed by atoms with van der Waals surface area (Å²) in [5.41, 5.74) is 2.50. The van der Waals surface area contributed by atoms with Crippen molar-refractivity contribution in [3.63, 3.8) is 0 Å². The highest BCUT2D eigenvalue weighted by Gasteiger charge is 2.05. The van der Waals surface area contributed by atoms with Crippen molar-refractivity contribution in [1.82, 2.24) is 15.1 Å². The van der Waals surface area contributed by atoms with E-state index < -0.39 is 0 Å². The molecule has 80 valence electrons. The Hall–Kier alpha value is -1.35. The fraction of sp³-hybridized carbons (Fsp3) is 0.417. The molecule has 0 fully saturated rings. The van der Waals surface area contributed by atoms with Gasteiger partial charge in [0.25, 0.3) is 0 Å². The minimum atomic E-state index is 0.439. The number of aryl methyl sites for hydroxylation is 1. The van der Waals surface area contributed by atoms with Gasteiger partial charge in [-0.1, -0.05) is 12.1 Å². The molecule has 2 rings (SSSR count). The fourth-order valence-corrected chi connectivity index (χ4v) is 1.68. The number of hydrogen-bond donors (Lipinski definition) is 1. The lowest BCUT2D eigenvalue weighted by atomic mass is 10.2. The maximum Gasteiger partial charge on any atom is 0.0685 e. The molecule has 15 heavy (non-hydrogen) atoms. The third-order valence-electron chi connectivity index (χ3n) is 2.74. The average Bonchev–Trinajstić information content (AvgIpc) is 2.61. The van der Waals surface area contributed by atoms with Crippen molar-refractivity contribution < 1.29 is 0 Å². The third kappa shape index (κ3) is 2.02. The Bertz CT molecular complexity index is 459. The van der Waals surface area contributed by atoms with E-state index in [1.807, 2.05) is 13.2 Å². The zero-order chi connectivity index (χ0) is 10.8. The molecule has 1 aromatic carbocycles. The van der Waals surface area contributed by atoms with Gasteiger partial charge in [0.1, 0.15) is 0 Å². The zero-order valence-corrected chi connectivity index (χ0v) is 9.49. The quantitative estimate of drug-likeness (QED) is 0.826. The van der Waals surface area contributed by atoms with Crippen LogP contribution in [0.25, 0.3) is 10.9 Å². The van der Waals surface area contributed by atoms with E-state index in [0.29, 0.717) is 6.04 Å². The van der Waals surface area contributed by atoms with Crippen LogP contribution in [-0.2, 0) is 6.54 Å². The van der Waals surface area contributed by atoms with Gasteiger partial charge >= 0.3 is 0 Å². The molecule has 1 aromatic heterocycles. The van der Waals surface area contributed by atoms with Crippen molar-refractivity contribution in [2.45, 2.75) is 26.4 Å². The van der Waals surface area contributed by atoms with E-state index in [1.165, 1.54) is 16.5 Å². The molecular weight excluding hydrogens is 186 g/mol. The van der Waals surface area contributed by atoms with E-state index in [2.05, 4.69) is 47.1 Å². The van der Waals surface area contributed by atoms with Gasteiger partial charge in [0.05, 0.1) is 18.3 Å². The zero-order valence-electron chi connectivity index (χ0n) is 9.49. The van der Waals surface area contributed by atoms with Crippen LogP contribution in [0.5, 0.6) is 0 Å². The molecule has 1 N–H and O–H groups in total. The minimum absolute atomic E-state index is 0.439. The summed E-state index contributed by atoms with van der Waals surface area (Å²) in [4.78, 5) is 0. The maximum absolute atomic E-state index is 4.40. The van der Waals surface area contributed by atoms with Gasteiger partial charge < -0.3 is 5.32 Å². The molecule has 0 saturated carbocycles. The molecule has 3 nitrogen and oxygen atoms in total. The van der Waals surface area contributed by atoms with E-state index in [9.17, 15) is 0 Å². The van der Waals surface area contributed by atoms with Crippen LogP contribution >= 0.6 is 0 Å². The molecule has 0 radical (unpaired) electrons. The van der Waals surface area contributed by atoms with Crippen molar-refractivity contribution in [3.05, 3.63) is 30.0 Å². The van der Waals surface area contributed by atoms with Crippen molar-refractivity contribution in [3.8, 4) is 0 Å². The number of aromatic nitrogens is 2. The van der Waals surface area contributed by atoms with Gasteiger partial charge in [0.15, 0.2) is 0 Å². The van der Waals surface area contributed by atoms with Gasteiger partial charge in [0, 0.05) is 11.4 Å². The smallest absolute Gasteiger partial charge is 0.0685 e. The summed E-state index contributed by atoms with van der Waals surface area (Å²) in [6.07, 6.45) is 1.93. The summed E-state index contributed by atoms with van der Waals surface area (Å²) >= 11 is 0. The SMILES string of the molecule is CN[C@@H](C)Cn1ncc2ccc(C)cc21. The summed E-state index contributed by atoms with van der Waals surface area (Å²) in [5, 5.41) is 8.83. The second-order valence-electron chi connectivity index (χ2n) is 4.08. The number of benzene rings is 1. The molecular formula is C12H17N3. The van der Waals surface area contributed by atoms with Gasteiger partial charge in [-0.25, -0.2) is 0 Å². The van der Waals surface area contributed by atoms with Crippen molar-refractivity contribution >= 4 is 10.9 Å². The number of nitrogens with one attached hydrogen (secondary N) is 1. The van der Waals surface area contributed by atoms with Crippen LogP contribution in [0.4, 0.5) is 0 Å². The third-order valence-corrected chi connectivity index (χ3v) is 2.74. The summed E-state index contributed by atoms with van der Waals surface area (Å²) < 4.78 is 2.06. The molecule has 1 heterocycles. The first-order valence-corrected chi connectivity index (χ1v) is 5.30.